The fourth-order valence-electron chi connectivity index (χ4n) is 2.01. The number of nitrogens with one attached hydrogen (secondary N) is 1. The second-order valence-corrected chi connectivity index (χ2v) is 4.65. The van der Waals surface area contributed by atoms with Crippen molar-refractivity contribution in [3.05, 3.63) is 53.9 Å². The molecule has 0 saturated carbocycles. The smallest absolute Gasteiger partial charge is 0.120 e. The number of aromatic hydroxyl groups is 1. The van der Waals surface area contributed by atoms with Crippen molar-refractivity contribution in [1.82, 2.24) is 10.3 Å². The highest BCUT2D eigenvalue weighted by atomic mass is 16.5. The molecule has 2 aromatic rings. The highest BCUT2D eigenvalue weighted by Crippen LogP contribution is 2.23. The van der Waals surface area contributed by atoms with Crippen molar-refractivity contribution in [1.29, 1.82) is 0 Å². The lowest BCUT2D eigenvalue weighted by Gasteiger charge is -2.13. The molecular weight excluding hydrogens is 268 g/mol. The average Bonchev–Trinajstić information content (AvgIpc) is 2.51. The molecule has 1 aromatic carbocycles. The Bertz CT molecular complexity index is 561. The first kappa shape index (κ1) is 15.3. The summed E-state index contributed by atoms with van der Waals surface area (Å²) in [6.45, 7) is 3.34. The Morgan fingerprint density at radius 3 is 2.71 bits per heavy atom. The number of phenols is 1. The molecule has 1 atom stereocenters. The summed E-state index contributed by atoms with van der Waals surface area (Å²) in [7, 11) is 0. The van der Waals surface area contributed by atoms with Crippen LogP contribution < -0.4 is 10.1 Å². The maximum atomic E-state index is 10.0. The molecule has 112 valence electrons. The fourth-order valence-corrected chi connectivity index (χ4v) is 2.01. The van der Waals surface area contributed by atoms with E-state index >= 15 is 0 Å². The number of pyridine rings is 1. The molecule has 21 heavy (non-hydrogen) atoms. The zero-order chi connectivity index (χ0) is 15.1. The van der Waals surface area contributed by atoms with E-state index in [4.69, 9.17) is 4.74 Å². The number of ether oxygens (including phenoxy) is 1. The molecule has 1 heterocycles. The van der Waals surface area contributed by atoms with Gasteiger partial charge in [-0.2, -0.15) is 0 Å². The third kappa shape index (κ3) is 4.44. The minimum Gasteiger partial charge on any atom is -0.508 e. The maximum absolute atomic E-state index is 10.0. The standard InChI is InChI=1S/C16H20N2O3/c1-2-21-14-3-4-15(19)13(9-14)10-18-11-16(20)12-5-7-17-8-6-12/h3-9,16,18-20H,2,10-11H2,1H3. The van der Waals surface area contributed by atoms with Gasteiger partial charge in [-0.25, -0.2) is 0 Å². The summed E-state index contributed by atoms with van der Waals surface area (Å²) in [5, 5.41) is 23.0. The van der Waals surface area contributed by atoms with Gasteiger partial charge in [-0.3, -0.25) is 4.98 Å². The largest absolute Gasteiger partial charge is 0.508 e. The van der Waals surface area contributed by atoms with Crippen LogP contribution >= 0.6 is 0 Å². The zero-order valence-electron chi connectivity index (χ0n) is 12.0. The summed E-state index contributed by atoms with van der Waals surface area (Å²) < 4.78 is 5.40. The van der Waals surface area contributed by atoms with Gasteiger partial charge in [0, 0.05) is 31.0 Å². The minimum absolute atomic E-state index is 0.212. The Labute approximate surface area is 124 Å². The third-order valence-electron chi connectivity index (χ3n) is 3.11. The van der Waals surface area contributed by atoms with Crippen LogP contribution in [0.4, 0.5) is 0 Å². The average molecular weight is 288 g/mol. The van der Waals surface area contributed by atoms with Gasteiger partial charge in [0.25, 0.3) is 0 Å². The van der Waals surface area contributed by atoms with Crippen molar-refractivity contribution in [3.8, 4) is 11.5 Å². The lowest BCUT2D eigenvalue weighted by atomic mass is 10.1. The molecule has 0 aliphatic heterocycles. The van der Waals surface area contributed by atoms with Crippen molar-refractivity contribution < 1.29 is 14.9 Å². The van der Waals surface area contributed by atoms with Crippen LogP contribution in [0.15, 0.2) is 42.7 Å². The van der Waals surface area contributed by atoms with Gasteiger partial charge >= 0.3 is 0 Å². The number of aliphatic hydroxyl groups excluding tert-OH is 1. The van der Waals surface area contributed by atoms with Gasteiger partial charge in [0.05, 0.1) is 12.7 Å². The fraction of sp³-hybridized carbons (Fsp3) is 0.312. The highest BCUT2D eigenvalue weighted by Gasteiger charge is 2.08. The summed E-state index contributed by atoms with van der Waals surface area (Å²) >= 11 is 0. The molecule has 0 aliphatic carbocycles. The molecule has 0 amide bonds. The number of aliphatic hydroxyl groups is 1. The monoisotopic (exact) mass is 288 g/mol. The van der Waals surface area contributed by atoms with E-state index in [1.54, 1.807) is 42.7 Å². The Hall–Kier alpha value is -2.11. The number of aromatic nitrogens is 1. The number of phenolic OH excluding ortho intramolecular Hbond substituents is 1. The van der Waals surface area contributed by atoms with Gasteiger partial charge in [-0.05, 0) is 42.8 Å². The summed E-state index contributed by atoms with van der Waals surface area (Å²) in [6, 6.07) is 8.69. The van der Waals surface area contributed by atoms with Crippen LogP contribution in [0.5, 0.6) is 11.5 Å². The van der Waals surface area contributed by atoms with E-state index in [1.165, 1.54) is 0 Å². The lowest BCUT2D eigenvalue weighted by Crippen LogP contribution is -2.21. The molecule has 0 radical (unpaired) electrons. The van der Waals surface area contributed by atoms with E-state index in [-0.39, 0.29) is 5.75 Å². The van der Waals surface area contributed by atoms with Gasteiger partial charge in [0.1, 0.15) is 11.5 Å². The zero-order valence-corrected chi connectivity index (χ0v) is 12.0. The highest BCUT2D eigenvalue weighted by molar-refractivity contribution is 5.39. The predicted molar refractivity (Wildman–Crippen MR) is 80.2 cm³/mol. The van der Waals surface area contributed by atoms with Crippen LogP contribution in [0.3, 0.4) is 0 Å². The first-order valence-corrected chi connectivity index (χ1v) is 6.94. The first-order valence-electron chi connectivity index (χ1n) is 6.94. The van der Waals surface area contributed by atoms with Gasteiger partial charge in [-0.15, -0.1) is 0 Å². The molecule has 2 rings (SSSR count). The Balaban J connectivity index is 1.89. The SMILES string of the molecule is CCOc1ccc(O)c(CNCC(O)c2ccncc2)c1. The lowest BCUT2D eigenvalue weighted by molar-refractivity contribution is 0.174. The van der Waals surface area contributed by atoms with Gasteiger partial charge in [0.2, 0.25) is 0 Å². The van der Waals surface area contributed by atoms with Crippen LogP contribution in [-0.4, -0.2) is 28.3 Å². The maximum Gasteiger partial charge on any atom is 0.120 e. The van der Waals surface area contributed by atoms with E-state index in [0.717, 1.165) is 16.9 Å². The Morgan fingerprint density at radius 2 is 2.00 bits per heavy atom. The van der Waals surface area contributed by atoms with Gasteiger partial charge < -0.3 is 20.3 Å². The third-order valence-corrected chi connectivity index (χ3v) is 3.11. The molecule has 0 saturated heterocycles. The van der Waals surface area contributed by atoms with Crippen molar-refractivity contribution in [2.45, 2.75) is 19.6 Å². The van der Waals surface area contributed by atoms with E-state index in [9.17, 15) is 10.2 Å². The van der Waals surface area contributed by atoms with Crippen LogP contribution in [-0.2, 0) is 6.54 Å². The Kier molecular flexibility index (Phi) is 5.54. The summed E-state index contributed by atoms with van der Waals surface area (Å²) in [4.78, 5) is 3.92. The quantitative estimate of drug-likeness (QED) is 0.726. The second-order valence-electron chi connectivity index (χ2n) is 4.65. The molecular formula is C16H20N2O3. The number of nitrogens with zero attached hydrogens (tertiary/aromatic N) is 1. The molecule has 3 N–H and O–H groups in total. The van der Waals surface area contributed by atoms with E-state index in [0.29, 0.717) is 19.7 Å². The molecule has 5 nitrogen and oxygen atoms in total. The minimum atomic E-state index is -0.606. The van der Waals surface area contributed by atoms with Crippen LogP contribution in [0.1, 0.15) is 24.2 Å². The summed E-state index contributed by atoms with van der Waals surface area (Å²) in [5.74, 6) is 0.936. The van der Waals surface area contributed by atoms with Crippen molar-refractivity contribution in [3.63, 3.8) is 0 Å². The first-order chi connectivity index (χ1) is 10.2. The second kappa shape index (κ2) is 7.61. The van der Waals surface area contributed by atoms with Gasteiger partial charge in [-0.1, -0.05) is 0 Å². The topological polar surface area (TPSA) is 74.6 Å². The molecule has 0 bridgehead atoms. The number of rotatable bonds is 7. The number of benzene rings is 1. The summed E-state index contributed by atoms with van der Waals surface area (Å²) in [6.07, 6.45) is 2.69. The molecule has 1 unspecified atom stereocenters. The van der Waals surface area contributed by atoms with E-state index < -0.39 is 6.10 Å². The van der Waals surface area contributed by atoms with Crippen molar-refractivity contribution >= 4 is 0 Å². The molecule has 5 heteroatoms. The summed E-state index contributed by atoms with van der Waals surface area (Å²) in [5.41, 5.74) is 1.55. The molecule has 0 aliphatic rings. The Morgan fingerprint density at radius 1 is 1.24 bits per heavy atom. The normalized spacial score (nSPS) is 12.1. The number of hydrogen-bond acceptors (Lipinski definition) is 5. The molecule has 0 spiro atoms. The van der Waals surface area contributed by atoms with Crippen LogP contribution in [0, 0.1) is 0 Å². The predicted octanol–water partition coefficient (Wildman–Crippen LogP) is 2.01. The van der Waals surface area contributed by atoms with E-state index in [2.05, 4.69) is 10.3 Å². The molecule has 0 fully saturated rings. The van der Waals surface area contributed by atoms with Gasteiger partial charge in [0.15, 0.2) is 0 Å². The van der Waals surface area contributed by atoms with Crippen molar-refractivity contribution in [2.24, 2.45) is 0 Å². The molecule has 1 aromatic heterocycles. The van der Waals surface area contributed by atoms with Crippen LogP contribution in [0.25, 0.3) is 0 Å². The van der Waals surface area contributed by atoms with Crippen molar-refractivity contribution in [2.75, 3.05) is 13.2 Å². The van der Waals surface area contributed by atoms with Crippen LogP contribution in [0.2, 0.25) is 0 Å². The number of hydrogen-bond donors (Lipinski definition) is 3. The van der Waals surface area contributed by atoms with E-state index in [1.807, 2.05) is 6.92 Å².